The van der Waals surface area contributed by atoms with Crippen molar-refractivity contribution in [1.29, 1.82) is 5.26 Å². The van der Waals surface area contributed by atoms with Crippen LogP contribution in [-0.2, 0) is 14.4 Å². The summed E-state index contributed by atoms with van der Waals surface area (Å²) in [6, 6.07) is 10.4. The van der Waals surface area contributed by atoms with Crippen molar-refractivity contribution >= 4 is 51.7 Å². The van der Waals surface area contributed by atoms with E-state index in [-0.39, 0.29) is 66.3 Å². The summed E-state index contributed by atoms with van der Waals surface area (Å²) in [5.41, 5.74) is 0.467. The number of pyridine rings is 1. The Balaban J connectivity index is 0.00000433. The maximum atomic E-state index is 15.4. The fraction of sp³-hybridized carbons (Fsp3) is 0.333. The van der Waals surface area contributed by atoms with Crippen LogP contribution in [0.25, 0.3) is 10.9 Å². The molecule has 47 heavy (non-hydrogen) atoms. The highest BCUT2D eigenvalue weighted by atomic mass is 35.5. The maximum absolute atomic E-state index is 15.4. The zero-order chi connectivity index (χ0) is 32.6. The third-order valence-electron chi connectivity index (χ3n) is 8.39. The first kappa shape index (κ1) is 33.4. The van der Waals surface area contributed by atoms with Crippen molar-refractivity contribution in [3.63, 3.8) is 0 Å². The van der Waals surface area contributed by atoms with Crippen molar-refractivity contribution in [3.8, 4) is 6.07 Å². The number of rotatable bonds is 7. The quantitative estimate of drug-likeness (QED) is 0.241. The molecule has 2 aliphatic rings. The lowest BCUT2D eigenvalue weighted by Gasteiger charge is -2.37. The molecule has 0 bridgehead atoms. The molecule has 2 aromatic heterocycles. The first-order valence-corrected chi connectivity index (χ1v) is 15.0. The van der Waals surface area contributed by atoms with Crippen molar-refractivity contribution in [2.45, 2.75) is 70.0 Å². The Morgan fingerprint density at radius 1 is 1.15 bits per heavy atom. The number of aromatic nitrogens is 3. The van der Waals surface area contributed by atoms with Crippen LogP contribution in [0.3, 0.4) is 0 Å². The molecular weight excluding hydrogens is 635 g/mol. The van der Waals surface area contributed by atoms with Gasteiger partial charge < -0.3 is 5.32 Å². The minimum Gasteiger partial charge on any atom is -0.351 e. The largest absolute Gasteiger partial charge is 0.351 e. The summed E-state index contributed by atoms with van der Waals surface area (Å²) in [5.74, 6) is -5.41. The number of hydrogen-bond donors (Lipinski definition) is 2. The first-order valence-electron chi connectivity index (χ1n) is 14.6. The molecule has 2 aromatic carbocycles. The van der Waals surface area contributed by atoms with Gasteiger partial charge in [-0.15, -0.1) is 0 Å². The summed E-state index contributed by atoms with van der Waals surface area (Å²) < 4.78 is 43.3. The molecule has 2 atom stereocenters. The van der Waals surface area contributed by atoms with E-state index in [2.05, 4.69) is 20.5 Å². The average molecular weight is 666 g/mol. The Morgan fingerprint density at radius 3 is 2.62 bits per heavy atom. The van der Waals surface area contributed by atoms with Gasteiger partial charge in [0.15, 0.2) is 5.82 Å². The summed E-state index contributed by atoms with van der Waals surface area (Å²) in [7, 11) is 0. The Hall–Kier alpha value is -4.96. The molecule has 0 unspecified atom stereocenters. The maximum Gasteiger partial charge on any atom is 0.251 e. The van der Waals surface area contributed by atoms with Crippen LogP contribution in [0.2, 0.25) is 5.02 Å². The third kappa shape index (κ3) is 6.64. The predicted molar refractivity (Wildman–Crippen MR) is 169 cm³/mol. The number of benzene rings is 2. The van der Waals surface area contributed by atoms with Gasteiger partial charge in [0.05, 0.1) is 17.8 Å². The van der Waals surface area contributed by atoms with E-state index in [1.165, 1.54) is 41.6 Å². The van der Waals surface area contributed by atoms with Crippen LogP contribution in [0.1, 0.15) is 63.1 Å². The number of carbonyl (C=O) groups excluding carboxylic acids is 3. The van der Waals surface area contributed by atoms with E-state index in [9.17, 15) is 28.4 Å². The van der Waals surface area contributed by atoms with Crippen LogP contribution in [0, 0.1) is 17.1 Å². The number of anilines is 2. The normalized spacial score (nSPS) is 18.3. The van der Waals surface area contributed by atoms with E-state index in [4.69, 9.17) is 11.6 Å². The SMILES string of the molecule is C.N#Cc1ccnc(N2C(=O)CC[C@H]2C(=O)N(c2cc(F)c3[nH]ncc3c2)[C@H](C(=O)NC2CCC(F)(F)CC2)c2ccccc2Cl)c1. The number of aromatic amines is 1. The summed E-state index contributed by atoms with van der Waals surface area (Å²) in [6.45, 7) is 0. The number of halogens is 4. The number of H-pyrrole nitrogens is 1. The van der Waals surface area contributed by atoms with Crippen molar-refractivity contribution in [2.75, 3.05) is 9.80 Å². The summed E-state index contributed by atoms with van der Waals surface area (Å²) in [6.07, 6.45) is 1.93. The van der Waals surface area contributed by atoms with Crippen LogP contribution in [0.4, 0.5) is 24.7 Å². The lowest BCUT2D eigenvalue weighted by molar-refractivity contribution is -0.128. The molecule has 3 heterocycles. The molecule has 2 fully saturated rings. The second-order valence-electron chi connectivity index (χ2n) is 11.4. The number of nitrogens with one attached hydrogen (secondary N) is 2. The van der Waals surface area contributed by atoms with E-state index in [1.807, 2.05) is 6.07 Å². The number of carbonyl (C=O) groups is 3. The standard InChI is InChI=1S/C32H27ClF3N7O3.CH4/c33-23-4-2-1-3-22(23)29(30(45)40-20-7-10-32(35,36)11-8-20)42(21-14-19-17-39-41-28(19)24(34)15-21)31(46)25-5-6-27(44)43(25)26-13-18(16-37)9-12-38-26;/h1-4,9,12-15,17,20,25,29H,5-8,10-11H2,(H,39,41)(H,40,45);1H4/t25-,29-;/m0./s1. The zero-order valence-electron chi connectivity index (χ0n) is 24.2. The Bertz CT molecular complexity index is 1870. The molecular formula is C33H31ClF3N7O3. The molecule has 1 saturated heterocycles. The van der Waals surface area contributed by atoms with Gasteiger partial charge in [0, 0.05) is 53.2 Å². The van der Waals surface area contributed by atoms with Crippen LogP contribution in [0.15, 0.2) is 60.9 Å². The Labute approximate surface area is 273 Å². The molecule has 1 saturated carbocycles. The highest BCUT2D eigenvalue weighted by Crippen LogP contribution is 2.38. The molecule has 1 aliphatic carbocycles. The summed E-state index contributed by atoms with van der Waals surface area (Å²) in [4.78, 5) is 48.7. The lowest BCUT2D eigenvalue weighted by Crippen LogP contribution is -2.53. The molecule has 244 valence electrons. The van der Waals surface area contributed by atoms with Gasteiger partial charge in [0.1, 0.15) is 23.4 Å². The number of nitriles is 1. The Kier molecular flexibility index (Phi) is 9.53. The molecule has 10 nitrogen and oxygen atoms in total. The fourth-order valence-corrected chi connectivity index (χ4v) is 6.33. The van der Waals surface area contributed by atoms with Crippen molar-refractivity contribution < 1.29 is 27.6 Å². The number of hydrogen-bond acceptors (Lipinski definition) is 6. The minimum absolute atomic E-state index is 0. The van der Waals surface area contributed by atoms with E-state index in [1.54, 1.807) is 18.2 Å². The first-order chi connectivity index (χ1) is 22.1. The number of alkyl halides is 2. The second kappa shape index (κ2) is 13.4. The summed E-state index contributed by atoms with van der Waals surface area (Å²) >= 11 is 6.62. The summed E-state index contributed by atoms with van der Waals surface area (Å²) in [5, 5.41) is 19.1. The van der Waals surface area contributed by atoms with Gasteiger partial charge in [-0.1, -0.05) is 37.2 Å². The van der Waals surface area contributed by atoms with Gasteiger partial charge >= 0.3 is 0 Å². The van der Waals surface area contributed by atoms with Crippen LogP contribution in [-0.4, -0.2) is 50.9 Å². The molecule has 4 aromatic rings. The van der Waals surface area contributed by atoms with Crippen molar-refractivity contribution in [1.82, 2.24) is 20.5 Å². The van der Waals surface area contributed by atoms with Gasteiger partial charge in [0.2, 0.25) is 17.7 Å². The highest BCUT2D eigenvalue weighted by Gasteiger charge is 2.45. The van der Waals surface area contributed by atoms with Crippen molar-refractivity contribution in [2.24, 2.45) is 0 Å². The topological polar surface area (TPSA) is 135 Å². The number of amides is 3. The predicted octanol–water partition coefficient (Wildman–Crippen LogP) is 6.22. The van der Waals surface area contributed by atoms with E-state index in [0.29, 0.717) is 5.39 Å². The molecule has 6 rings (SSSR count). The molecule has 1 aliphatic heterocycles. The van der Waals surface area contributed by atoms with Crippen LogP contribution >= 0.6 is 11.6 Å². The van der Waals surface area contributed by atoms with Gasteiger partial charge in [-0.05, 0) is 49.6 Å². The molecule has 0 spiro atoms. The monoisotopic (exact) mass is 665 g/mol. The number of nitrogens with zero attached hydrogens (tertiary/aromatic N) is 5. The minimum atomic E-state index is -2.84. The van der Waals surface area contributed by atoms with Gasteiger partial charge in [-0.25, -0.2) is 18.2 Å². The average Bonchev–Trinajstić information content (AvgIpc) is 3.68. The van der Waals surface area contributed by atoms with Crippen molar-refractivity contribution in [3.05, 3.63) is 82.9 Å². The Morgan fingerprint density at radius 2 is 1.89 bits per heavy atom. The molecule has 3 amide bonds. The molecule has 14 heteroatoms. The molecule has 0 radical (unpaired) electrons. The van der Waals surface area contributed by atoms with E-state index >= 15 is 4.39 Å². The number of fused-ring (bicyclic) bond motifs is 1. The smallest absolute Gasteiger partial charge is 0.251 e. The lowest BCUT2D eigenvalue weighted by atomic mass is 9.91. The van der Waals surface area contributed by atoms with Crippen LogP contribution in [0.5, 0.6) is 0 Å². The van der Waals surface area contributed by atoms with Crippen LogP contribution < -0.4 is 15.1 Å². The van der Waals surface area contributed by atoms with E-state index in [0.717, 1.165) is 11.0 Å². The van der Waals surface area contributed by atoms with Gasteiger partial charge in [-0.2, -0.15) is 10.4 Å². The fourth-order valence-electron chi connectivity index (χ4n) is 6.09. The second-order valence-corrected chi connectivity index (χ2v) is 11.8. The van der Waals surface area contributed by atoms with Gasteiger partial charge in [-0.3, -0.25) is 29.3 Å². The van der Waals surface area contributed by atoms with E-state index < -0.39 is 60.4 Å². The zero-order valence-corrected chi connectivity index (χ0v) is 25.0. The molecule has 2 N–H and O–H groups in total. The van der Waals surface area contributed by atoms with Gasteiger partial charge in [0.25, 0.3) is 5.91 Å². The highest BCUT2D eigenvalue weighted by molar-refractivity contribution is 6.31. The third-order valence-corrected chi connectivity index (χ3v) is 8.73.